The molecule has 6 rings (SSSR count). The van der Waals surface area contributed by atoms with Gasteiger partial charge in [0, 0.05) is 35.4 Å². The van der Waals surface area contributed by atoms with E-state index in [4.69, 9.17) is 0 Å². The van der Waals surface area contributed by atoms with E-state index < -0.39 is 0 Å². The number of nitrogens with zero attached hydrogens (tertiary/aromatic N) is 1. The fourth-order valence-electron chi connectivity index (χ4n) is 11.4. The Labute approximate surface area is 229 Å². The fraction of sp³-hybridized carbons (Fsp3) is 0.758. The fourth-order valence-corrected chi connectivity index (χ4v) is 11.4. The Morgan fingerprint density at radius 2 is 1.68 bits per heavy atom. The molecular weight excluding hydrogens is 472 g/mol. The number of aliphatic hydroxyl groups excluding tert-OH is 1. The highest BCUT2D eigenvalue weighted by Gasteiger charge is 2.86. The van der Waals surface area contributed by atoms with Crippen molar-refractivity contribution in [3.8, 4) is 0 Å². The van der Waals surface area contributed by atoms with Crippen molar-refractivity contribution < 1.29 is 14.7 Å². The van der Waals surface area contributed by atoms with Gasteiger partial charge in [-0.3, -0.25) is 9.59 Å². The zero-order chi connectivity index (χ0) is 27.5. The van der Waals surface area contributed by atoms with Crippen LogP contribution in [0.1, 0.15) is 89.9 Å². The molecule has 5 nitrogen and oxygen atoms in total. The maximum absolute atomic E-state index is 14.5. The first kappa shape index (κ1) is 26.5. The molecule has 10 unspecified atom stereocenters. The van der Waals surface area contributed by atoms with Crippen molar-refractivity contribution in [3.63, 3.8) is 0 Å². The Morgan fingerprint density at radius 3 is 2.34 bits per heavy atom. The van der Waals surface area contributed by atoms with Gasteiger partial charge in [0.2, 0.25) is 0 Å². The first-order valence-electron chi connectivity index (χ1n) is 15.0. The second-order valence-electron chi connectivity index (χ2n) is 15.2. The molecule has 5 heteroatoms. The third kappa shape index (κ3) is 3.07. The van der Waals surface area contributed by atoms with Gasteiger partial charge >= 0.3 is 0 Å². The van der Waals surface area contributed by atoms with Gasteiger partial charge < -0.3 is 15.3 Å². The summed E-state index contributed by atoms with van der Waals surface area (Å²) in [6, 6.07) is 9.87. The number of nitrogens with one attached hydrogen (secondary N) is 1. The third-order valence-electron chi connectivity index (χ3n) is 13.6. The lowest BCUT2D eigenvalue weighted by molar-refractivity contribution is -0.169. The summed E-state index contributed by atoms with van der Waals surface area (Å²) in [6.07, 6.45) is 6.19. The van der Waals surface area contributed by atoms with Crippen molar-refractivity contribution in [2.24, 2.45) is 44.8 Å². The molecular formula is C33H48N2O3. The maximum Gasteiger partial charge on any atom is 0.251 e. The first-order chi connectivity index (χ1) is 17.8. The number of carbonyl (C=O) groups excluding carboxylic acids is 2. The number of rotatable bonds is 4. The Hall–Kier alpha value is -1.72. The number of hydrogen-bond donors (Lipinski definition) is 2. The van der Waals surface area contributed by atoms with E-state index in [0.717, 1.165) is 38.5 Å². The minimum atomic E-state index is -0.363. The quantitative estimate of drug-likeness (QED) is 0.564. The van der Waals surface area contributed by atoms with Crippen LogP contribution in [0.3, 0.4) is 0 Å². The van der Waals surface area contributed by atoms with Crippen molar-refractivity contribution in [1.29, 1.82) is 0 Å². The molecule has 0 saturated heterocycles. The molecule has 0 heterocycles. The summed E-state index contributed by atoms with van der Waals surface area (Å²) in [4.78, 5) is 29.8. The molecule has 38 heavy (non-hydrogen) atoms. The molecule has 1 aromatic rings. The van der Waals surface area contributed by atoms with Crippen LogP contribution >= 0.6 is 0 Å². The smallest absolute Gasteiger partial charge is 0.251 e. The molecule has 0 aromatic heterocycles. The third-order valence-corrected chi connectivity index (χ3v) is 13.6. The highest BCUT2D eigenvalue weighted by atomic mass is 16.3. The lowest BCUT2D eigenvalue weighted by Crippen LogP contribution is -2.62. The van der Waals surface area contributed by atoms with Gasteiger partial charge in [-0.1, -0.05) is 45.9 Å². The topological polar surface area (TPSA) is 69.6 Å². The summed E-state index contributed by atoms with van der Waals surface area (Å²) in [5.74, 6) is 1.38. The van der Waals surface area contributed by atoms with Crippen molar-refractivity contribution in [2.75, 3.05) is 14.1 Å². The lowest BCUT2D eigenvalue weighted by Gasteiger charge is -2.62. The zero-order valence-corrected chi connectivity index (χ0v) is 24.5. The van der Waals surface area contributed by atoms with Crippen LogP contribution in [0.25, 0.3) is 0 Å². The van der Waals surface area contributed by atoms with Gasteiger partial charge in [0.05, 0.1) is 6.10 Å². The Balaban J connectivity index is 1.31. The van der Waals surface area contributed by atoms with E-state index in [0.29, 0.717) is 29.6 Å². The summed E-state index contributed by atoms with van der Waals surface area (Å²) in [5, 5.41) is 14.9. The number of Topliss-reactive ketones (excluding diaryl/α,β-unsaturated/α-hetero) is 1. The molecule has 5 aliphatic carbocycles. The van der Waals surface area contributed by atoms with E-state index >= 15 is 0 Å². The summed E-state index contributed by atoms with van der Waals surface area (Å²) in [5.41, 5.74) is 0.251. The van der Waals surface area contributed by atoms with Gasteiger partial charge in [-0.15, -0.1) is 0 Å². The van der Waals surface area contributed by atoms with Crippen LogP contribution in [0.5, 0.6) is 0 Å². The van der Waals surface area contributed by atoms with E-state index in [2.05, 4.69) is 58.9 Å². The number of carbonyl (C=O) groups is 2. The number of hydrogen-bond acceptors (Lipinski definition) is 4. The van der Waals surface area contributed by atoms with E-state index in [-0.39, 0.29) is 57.1 Å². The van der Waals surface area contributed by atoms with Crippen molar-refractivity contribution >= 4 is 11.7 Å². The Morgan fingerprint density at radius 1 is 1.03 bits per heavy atom. The van der Waals surface area contributed by atoms with E-state index in [9.17, 15) is 14.7 Å². The van der Waals surface area contributed by atoms with E-state index in [1.165, 1.54) is 0 Å². The van der Waals surface area contributed by atoms with Crippen LogP contribution in [0.15, 0.2) is 30.3 Å². The van der Waals surface area contributed by atoms with Gasteiger partial charge in [0.1, 0.15) is 5.78 Å². The highest BCUT2D eigenvalue weighted by molar-refractivity contribution is 5.94. The zero-order valence-electron chi connectivity index (χ0n) is 24.5. The predicted octanol–water partition coefficient (Wildman–Crippen LogP) is 5.32. The molecule has 0 aliphatic heterocycles. The highest BCUT2D eigenvalue weighted by Crippen LogP contribution is 2.87. The minimum Gasteiger partial charge on any atom is -0.393 e. The molecule has 208 valence electrons. The van der Waals surface area contributed by atoms with Gasteiger partial charge in [-0.2, -0.15) is 0 Å². The summed E-state index contributed by atoms with van der Waals surface area (Å²) in [6.45, 7) is 11.7. The molecule has 1 aromatic carbocycles. The standard InChI is InChI=1S/C33H48N2O3/c1-20(35(6)7)27-22(36)17-30(4)24-14-13-23-29(2,3)25(34-28(38)21-11-9-8-10-12-21)15-16-32(23)19-33(24,32)26(37)18-31(27,30)5/h8-12,20,22-25,27,36H,13-19H2,1-7H3,(H,34,38). The maximum atomic E-state index is 14.5. The number of amides is 1. The van der Waals surface area contributed by atoms with Crippen LogP contribution < -0.4 is 5.32 Å². The second kappa shape index (κ2) is 8.16. The number of fused-ring (bicyclic) bond motifs is 2. The van der Waals surface area contributed by atoms with Gasteiger partial charge in [0.25, 0.3) is 5.91 Å². The average Bonchev–Trinajstić information content (AvgIpc) is 3.50. The second-order valence-corrected chi connectivity index (χ2v) is 15.2. The van der Waals surface area contributed by atoms with Crippen molar-refractivity contribution in [2.45, 2.75) is 97.8 Å². The van der Waals surface area contributed by atoms with Crippen molar-refractivity contribution in [1.82, 2.24) is 10.2 Å². The monoisotopic (exact) mass is 520 g/mol. The molecule has 2 N–H and O–H groups in total. The molecule has 0 radical (unpaired) electrons. The first-order valence-corrected chi connectivity index (χ1v) is 15.0. The van der Waals surface area contributed by atoms with Gasteiger partial charge in [-0.25, -0.2) is 0 Å². The van der Waals surface area contributed by atoms with Gasteiger partial charge in [-0.05, 0) is 105 Å². The molecule has 5 fully saturated rings. The Bertz CT molecular complexity index is 1150. The molecule has 0 bridgehead atoms. The van der Waals surface area contributed by atoms with Crippen LogP contribution in [0, 0.1) is 44.8 Å². The van der Waals surface area contributed by atoms with Crippen LogP contribution in [-0.4, -0.2) is 54.0 Å². The molecule has 10 atom stereocenters. The predicted molar refractivity (Wildman–Crippen MR) is 150 cm³/mol. The summed E-state index contributed by atoms with van der Waals surface area (Å²) < 4.78 is 0. The number of aliphatic hydroxyl groups is 1. The van der Waals surface area contributed by atoms with E-state index in [1.807, 2.05) is 30.3 Å². The average molecular weight is 521 g/mol. The number of ketones is 1. The van der Waals surface area contributed by atoms with Gasteiger partial charge in [0.15, 0.2) is 0 Å². The lowest BCUT2D eigenvalue weighted by atomic mass is 9.41. The van der Waals surface area contributed by atoms with Crippen LogP contribution in [-0.2, 0) is 4.79 Å². The summed E-state index contributed by atoms with van der Waals surface area (Å²) >= 11 is 0. The largest absolute Gasteiger partial charge is 0.393 e. The number of benzene rings is 1. The SMILES string of the molecule is CC(C1C(O)CC2(C)C3CCC4C(C)(C)C(NC(=O)c5ccccc5)CCC45CC35C(=O)CC12C)N(C)C. The van der Waals surface area contributed by atoms with Crippen LogP contribution in [0.4, 0.5) is 0 Å². The van der Waals surface area contributed by atoms with E-state index in [1.54, 1.807) is 0 Å². The van der Waals surface area contributed by atoms with Crippen molar-refractivity contribution in [3.05, 3.63) is 35.9 Å². The molecule has 1 amide bonds. The summed E-state index contributed by atoms with van der Waals surface area (Å²) in [7, 11) is 4.20. The molecule has 5 aliphatic rings. The normalized spacial score (nSPS) is 47.4. The minimum absolute atomic E-state index is 0.0110. The van der Waals surface area contributed by atoms with Crippen LogP contribution in [0.2, 0.25) is 0 Å². The molecule has 5 saturated carbocycles. The Kier molecular flexibility index (Phi) is 5.69. The molecule has 2 spiro atoms.